The number of hydrogen-bond donors (Lipinski definition) is 2. The molecule has 1 aliphatic rings. The maximum Gasteiger partial charge on any atom is 0.254 e. The third-order valence-corrected chi connectivity index (χ3v) is 3.26. The van der Waals surface area contributed by atoms with Crippen LogP contribution in [0.25, 0.3) is 0 Å². The minimum atomic E-state index is -0.0999. The van der Waals surface area contributed by atoms with E-state index in [-0.39, 0.29) is 18.6 Å². The Morgan fingerprint density at radius 3 is 3.00 bits per heavy atom. The van der Waals surface area contributed by atoms with Crippen LogP contribution in [0, 0.1) is 0 Å². The van der Waals surface area contributed by atoms with Gasteiger partial charge in [0.25, 0.3) is 5.91 Å². The van der Waals surface area contributed by atoms with Gasteiger partial charge in [0.15, 0.2) is 0 Å². The van der Waals surface area contributed by atoms with Gasteiger partial charge in [-0.05, 0) is 25.0 Å². The number of ether oxygens (including phenoxy) is 1. The van der Waals surface area contributed by atoms with Crippen LogP contribution in [0.2, 0.25) is 0 Å². The van der Waals surface area contributed by atoms with Crippen LogP contribution in [0.3, 0.4) is 0 Å². The summed E-state index contributed by atoms with van der Waals surface area (Å²) in [6.45, 7) is 0.687. The average Bonchev–Trinajstić information content (AvgIpc) is 2.85. The van der Waals surface area contributed by atoms with Crippen LogP contribution in [0.15, 0.2) is 18.2 Å². The first-order valence-corrected chi connectivity index (χ1v) is 6.02. The normalized spacial score (nSPS) is 19.0. The number of nitrogen functional groups attached to an aromatic ring is 1. The van der Waals surface area contributed by atoms with E-state index in [1.54, 1.807) is 23.1 Å². The van der Waals surface area contributed by atoms with Gasteiger partial charge in [-0.3, -0.25) is 4.79 Å². The van der Waals surface area contributed by atoms with Gasteiger partial charge in [-0.15, -0.1) is 0 Å². The summed E-state index contributed by atoms with van der Waals surface area (Å²) in [6.07, 6.45) is 1.78. The average molecular weight is 250 g/mol. The van der Waals surface area contributed by atoms with Crippen molar-refractivity contribution in [1.82, 2.24) is 4.90 Å². The molecule has 1 amide bonds. The lowest BCUT2D eigenvalue weighted by atomic mass is 10.1. The second kappa shape index (κ2) is 5.27. The van der Waals surface area contributed by atoms with Crippen molar-refractivity contribution in [1.29, 1.82) is 0 Å². The van der Waals surface area contributed by atoms with E-state index < -0.39 is 0 Å². The van der Waals surface area contributed by atoms with Crippen LogP contribution >= 0.6 is 0 Å². The minimum Gasteiger partial charge on any atom is -0.497 e. The van der Waals surface area contributed by atoms with E-state index >= 15 is 0 Å². The zero-order valence-corrected chi connectivity index (χ0v) is 10.4. The van der Waals surface area contributed by atoms with Crippen molar-refractivity contribution in [2.24, 2.45) is 0 Å². The number of aliphatic hydroxyl groups is 1. The Bertz CT molecular complexity index is 448. The van der Waals surface area contributed by atoms with Gasteiger partial charge in [0, 0.05) is 23.9 Å². The fourth-order valence-electron chi connectivity index (χ4n) is 2.32. The SMILES string of the molecule is COc1cc(N)cc(C(=O)N2CCC[C@H]2CO)c1. The number of benzene rings is 1. The number of anilines is 1. The molecule has 1 saturated heterocycles. The molecule has 5 nitrogen and oxygen atoms in total. The Balaban J connectivity index is 2.25. The van der Waals surface area contributed by atoms with E-state index in [1.807, 2.05) is 0 Å². The number of amides is 1. The predicted molar refractivity (Wildman–Crippen MR) is 68.6 cm³/mol. The highest BCUT2D eigenvalue weighted by Crippen LogP contribution is 2.23. The van der Waals surface area contributed by atoms with E-state index in [4.69, 9.17) is 10.5 Å². The van der Waals surface area contributed by atoms with Crippen molar-refractivity contribution < 1.29 is 14.6 Å². The quantitative estimate of drug-likeness (QED) is 0.781. The van der Waals surface area contributed by atoms with Crippen LogP contribution in [0.4, 0.5) is 5.69 Å². The van der Waals surface area contributed by atoms with Crippen molar-refractivity contribution in [3.63, 3.8) is 0 Å². The molecule has 0 unspecified atom stereocenters. The smallest absolute Gasteiger partial charge is 0.254 e. The molecule has 1 atom stereocenters. The highest BCUT2D eigenvalue weighted by atomic mass is 16.5. The van der Waals surface area contributed by atoms with Crippen molar-refractivity contribution in [3.8, 4) is 5.75 Å². The monoisotopic (exact) mass is 250 g/mol. The summed E-state index contributed by atoms with van der Waals surface area (Å²) < 4.78 is 5.10. The van der Waals surface area contributed by atoms with Crippen LogP contribution in [-0.2, 0) is 0 Å². The number of hydrogen-bond acceptors (Lipinski definition) is 4. The third kappa shape index (κ3) is 2.41. The summed E-state index contributed by atoms with van der Waals surface area (Å²) in [5.74, 6) is 0.468. The van der Waals surface area contributed by atoms with Gasteiger partial charge < -0.3 is 20.5 Å². The van der Waals surface area contributed by atoms with Crippen molar-refractivity contribution in [2.75, 3.05) is 26.0 Å². The van der Waals surface area contributed by atoms with Crippen LogP contribution in [0.1, 0.15) is 23.2 Å². The number of likely N-dealkylation sites (tertiary alicyclic amines) is 1. The number of rotatable bonds is 3. The second-order valence-electron chi connectivity index (χ2n) is 4.47. The molecule has 3 N–H and O–H groups in total. The Hall–Kier alpha value is -1.75. The molecule has 1 heterocycles. The molecule has 18 heavy (non-hydrogen) atoms. The topological polar surface area (TPSA) is 75.8 Å². The summed E-state index contributed by atoms with van der Waals surface area (Å²) in [6, 6.07) is 4.90. The predicted octanol–water partition coefficient (Wildman–Crippen LogP) is 0.874. The van der Waals surface area contributed by atoms with Gasteiger partial charge in [0.1, 0.15) is 5.75 Å². The molecule has 0 saturated carbocycles. The Morgan fingerprint density at radius 1 is 1.56 bits per heavy atom. The van der Waals surface area contributed by atoms with E-state index in [1.165, 1.54) is 7.11 Å². The lowest BCUT2D eigenvalue weighted by molar-refractivity contribution is 0.0677. The van der Waals surface area contributed by atoms with Crippen LogP contribution in [-0.4, -0.2) is 42.2 Å². The molecular weight excluding hydrogens is 232 g/mol. The molecule has 0 aromatic heterocycles. The number of nitrogens with two attached hydrogens (primary N) is 1. The fraction of sp³-hybridized carbons (Fsp3) is 0.462. The zero-order chi connectivity index (χ0) is 13.1. The van der Waals surface area contributed by atoms with E-state index in [0.717, 1.165) is 12.8 Å². The Morgan fingerprint density at radius 2 is 2.33 bits per heavy atom. The van der Waals surface area contributed by atoms with Gasteiger partial charge in [-0.1, -0.05) is 0 Å². The molecular formula is C13H18N2O3. The maximum absolute atomic E-state index is 12.3. The molecule has 1 aromatic carbocycles. The van der Waals surface area contributed by atoms with Gasteiger partial charge in [0.05, 0.1) is 19.8 Å². The molecule has 1 aromatic rings. The van der Waals surface area contributed by atoms with Gasteiger partial charge in [-0.25, -0.2) is 0 Å². The highest BCUT2D eigenvalue weighted by Gasteiger charge is 2.29. The van der Waals surface area contributed by atoms with E-state index in [2.05, 4.69) is 0 Å². The summed E-state index contributed by atoms with van der Waals surface area (Å²) in [5, 5.41) is 9.24. The number of carbonyl (C=O) groups excluding carboxylic acids is 1. The zero-order valence-electron chi connectivity index (χ0n) is 10.4. The summed E-state index contributed by atoms with van der Waals surface area (Å²) in [7, 11) is 1.54. The van der Waals surface area contributed by atoms with Crippen molar-refractivity contribution in [3.05, 3.63) is 23.8 Å². The van der Waals surface area contributed by atoms with Gasteiger partial charge in [-0.2, -0.15) is 0 Å². The molecule has 2 rings (SSSR count). The first-order chi connectivity index (χ1) is 8.65. The fourth-order valence-corrected chi connectivity index (χ4v) is 2.32. The lowest BCUT2D eigenvalue weighted by Crippen LogP contribution is -2.37. The number of aliphatic hydroxyl groups excluding tert-OH is 1. The number of methoxy groups -OCH3 is 1. The van der Waals surface area contributed by atoms with Crippen LogP contribution in [0.5, 0.6) is 5.75 Å². The molecule has 5 heteroatoms. The Labute approximate surface area is 106 Å². The third-order valence-electron chi connectivity index (χ3n) is 3.26. The Kier molecular flexibility index (Phi) is 3.72. The molecule has 98 valence electrons. The molecule has 1 fully saturated rings. The largest absolute Gasteiger partial charge is 0.497 e. The maximum atomic E-state index is 12.3. The first kappa shape index (κ1) is 12.7. The minimum absolute atomic E-state index is 0.00515. The molecule has 0 spiro atoms. The number of carbonyl (C=O) groups is 1. The summed E-state index contributed by atoms with van der Waals surface area (Å²) in [5.41, 5.74) is 6.74. The molecule has 0 aliphatic carbocycles. The lowest BCUT2D eigenvalue weighted by Gasteiger charge is -2.23. The summed E-state index contributed by atoms with van der Waals surface area (Å²) >= 11 is 0. The van der Waals surface area contributed by atoms with Crippen molar-refractivity contribution >= 4 is 11.6 Å². The van der Waals surface area contributed by atoms with Crippen molar-refractivity contribution in [2.45, 2.75) is 18.9 Å². The van der Waals surface area contributed by atoms with Gasteiger partial charge in [0.2, 0.25) is 0 Å². The second-order valence-corrected chi connectivity index (χ2v) is 4.47. The number of nitrogens with zero attached hydrogens (tertiary/aromatic N) is 1. The molecule has 0 bridgehead atoms. The standard InChI is InChI=1S/C13H18N2O3/c1-18-12-6-9(5-10(14)7-12)13(17)15-4-2-3-11(15)8-16/h5-7,11,16H,2-4,8,14H2,1H3/t11-/m0/s1. The van der Waals surface area contributed by atoms with E-state index in [9.17, 15) is 9.90 Å². The highest BCUT2D eigenvalue weighted by molar-refractivity contribution is 5.96. The van der Waals surface area contributed by atoms with Gasteiger partial charge >= 0.3 is 0 Å². The molecule has 0 radical (unpaired) electrons. The van der Waals surface area contributed by atoms with Crippen LogP contribution < -0.4 is 10.5 Å². The van der Waals surface area contributed by atoms with E-state index in [0.29, 0.717) is 23.5 Å². The molecule has 1 aliphatic heterocycles. The summed E-state index contributed by atoms with van der Waals surface area (Å²) in [4.78, 5) is 14.0. The first-order valence-electron chi connectivity index (χ1n) is 6.02.